The molecule has 1 aromatic carbocycles. The first-order valence-corrected chi connectivity index (χ1v) is 6.72. The number of benzene rings is 1. The summed E-state index contributed by atoms with van der Waals surface area (Å²) in [5.41, 5.74) is 6.60. The number of methoxy groups -OCH3 is 1. The van der Waals surface area contributed by atoms with E-state index in [0.29, 0.717) is 6.54 Å². The first-order chi connectivity index (χ1) is 9.05. The van der Waals surface area contributed by atoms with E-state index in [4.69, 9.17) is 10.5 Å². The summed E-state index contributed by atoms with van der Waals surface area (Å²) in [5, 5.41) is 0. The maximum absolute atomic E-state index is 12.4. The fourth-order valence-electron chi connectivity index (χ4n) is 2.72. The quantitative estimate of drug-likeness (QED) is 0.902. The summed E-state index contributed by atoms with van der Waals surface area (Å²) in [6, 6.07) is 7.76. The minimum Gasteiger partial charge on any atom is -0.497 e. The Bertz CT molecular complexity index is 453. The Balaban J connectivity index is 2.03. The highest BCUT2D eigenvalue weighted by Crippen LogP contribution is 2.29. The van der Waals surface area contributed by atoms with E-state index in [0.717, 1.165) is 37.0 Å². The molecule has 0 saturated heterocycles. The van der Waals surface area contributed by atoms with Gasteiger partial charge in [0.05, 0.1) is 12.6 Å². The standard InChI is InChI=1S/C15H22N2O2/c1-17(14(18)15(16)8-3-4-9-15)11-12-6-5-7-13(10-12)19-2/h5-7,10H,3-4,8-9,11,16H2,1-2H3. The molecule has 2 N–H and O–H groups in total. The van der Waals surface area contributed by atoms with Crippen molar-refractivity contribution in [2.75, 3.05) is 14.2 Å². The molecule has 2 rings (SSSR count). The third-order valence-corrected chi connectivity index (χ3v) is 3.82. The summed E-state index contributed by atoms with van der Waals surface area (Å²) >= 11 is 0. The number of amides is 1. The molecular formula is C15H22N2O2. The van der Waals surface area contributed by atoms with E-state index in [-0.39, 0.29) is 5.91 Å². The minimum absolute atomic E-state index is 0.0489. The zero-order valence-electron chi connectivity index (χ0n) is 11.7. The van der Waals surface area contributed by atoms with Crippen LogP contribution in [0.1, 0.15) is 31.2 Å². The highest BCUT2D eigenvalue weighted by Gasteiger charge is 2.38. The number of nitrogens with zero attached hydrogens (tertiary/aromatic N) is 1. The van der Waals surface area contributed by atoms with Crippen LogP contribution in [0.25, 0.3) is 0 Å². The molecule has 0 spiro atoms. The van der Waals surface area contributed by atoms with Crippen LogP contribution in [0.15, 0.2) is 24.3 Å². The molecule has 4 nitrogen and oxygen atoms in total. The Morgan fingerprint density at radius 2 is 2.11 bits per heavy atom. The molecular weight excluding hydrogens is 240 g/mol. The monoisotopic (exact) mass is 262 g/mol. The lowest BCUT2D eigenvalue weighted by atomic mass is 9.97. The molecule has 19 heavy (non-hydrogen) atoms. The third kappa shape index (κ3) is 3.07. The van der Waals surface area contributed by atoms with Crippen LogP contribution in [0.2, 0.25) is 0 Å². The number of likely N-dealkylation sites (N-methyl/N-ethyl adjacent to an activating group) is 1. The van der Waals surface area contributed by atoms with Crippen LogP contribution in [0.4, 0.5) is 0 Å². The molecule has 0 heterocycles. The SMILES string of the molecule is COc1cccc(CN(C)C(=O)C2(N)CCCC2)c1. The first-order valence-electron chi connectivity index (χ1n) is 6.72. The van der Waals surface area contributed by atoms with Gasteiger partial charge in [-0.25, -0.2) is 0 Å². The van der Waals surface area contributed by atoms with Crippen molar-refractivity contribution in [2.24, 2.45) is 5.73 Å². The molecule has 0 unspecified atom stereocenters. The summed E-state index contributed by atoms with van der Waals surface area (Å²) in [5.74, 6) is 0.856. The average Bonchev–Trinajstić information content (AvgIpc) is 2.86. The van der Waals surface area contributed by atoms with Gasteiger partial charge in [0.15, 0.2) is 0 Å². The van der Waals surface area contributed by atoms with Crippen molar-refractivity contribution < 1.29 is 9.53 Å². The lowest BCUT2D eigenvalue weighted by Crippen LogP contribution is -2.52. The fourth-order valence-corrected chi connectivity index (χ4v) is 2.72. The van der Waals surface area contributed by atoms with Crippen LogP contribution >= 0.6 is 0 Å². The number of rotatable bonds is 4. The summed E-state index contributed by atoms with van der Waals surface area (Å²) in [6.07, 6.45) is 3.70. The largest absolute Gasteiger partial charge is 0.497 e. The van der Waals surface area contributed by atoms with Crippen molar-refractivity contribution in [3.05, 3.63) is 29.8 Å². The van der Waals surface area contributed by atoms with Gasteiger partial charge in [0.25, 0.3) is 0 Å². The zero-order valence-corrected chi connectivity index (χ0v) is 11.7. The number of hydrogen-bond acceptors (Lipinski definition) is 3. The summed E-state index contributed by atoms with van der Waals surface area (Å²) < 4.78 is 5.19. The van der Waals surface area contributed by atoms with Gasteiger partial charge in [-0.15, -0.1) is 0 Å². The zero-order chi connectivity index (χ0) is 13.9. The molecule has 0 aromatic heterocycles. The number of ether oxygens (including phenoxy) is 1. The molecule has 0 bridgehead atoms. The maximum atomic E-state index is 12.4. The smallest absolute Gasteiger partial charge is 0.242 e. The first kappa shape index (κ1) is 13.9. The fraction of sp³-hybridized carbons (Fsp3) is 0.533. The number of nitrogens with two attached hydrogens (primary N) is 1. The van der Waals surface area contributed by atoms with E-state index in [1.165, 1.54) is 0 Å². The van der Waals surface area contributed by atoms with Crippen LogP contribution in [-0.4, -0.2) is 30.5 Å². The molecule has 1 aromatic rings. The normalized spacial score (nSPS) is 17.2. The van der Waals surface area contributed by atoms with Gasteiger partial charge in [-0.3, -0.25) is 4.79 Å². The summed E-state index contributed by atoms with van der Waals surface area (Å²) in [4.78, 5) is 14.1. The van der Waals surface area contributed by atoms with Gasteiger partial charge >= 0.3 is 0 Å². The van der Waals surface area contributed by atoms with Gasteiger partial charge < -0.3 is 15.4 Å². The van der Waals surface area contributed by atoms with Crippen molar-refractivity contribution >= 4 is 5.91 Å². The van der Waals surface area contributed by atoms with Crippen molar-refractivity contribution in [3.8, 4) is 5.75 Å². The third-order valence-electron chi connectivity index (χ3n) is 3.82. The van der Waals surface area contributed by atoms with Crippen LogP contribution in [-0.2, 0) is 11.3 Å². The molecule has 1 amide bonds. The molecule has 4 heteroatoms. The Morgan fingerprint density at radius 3 is 2.74 bits per heavy atom. The Labute approximate surface area is 114 Å². The van der Waals surface area contributed by atoms with E-state index in [2.05, 4.69) is 0 Å². The Morgan fingerprint density at radius 1 is 1.42 bits per heavy atom. The molecule has 0 atom stereocenters. The lowest BCUT2D eigenvalue weighted by Gasteiger charge is -2.28. The average molecular weight is 262 g/mol. The van der Waals surface area contributed by atoms with Gasteiger partial charge in [0.1, 0.15) is 5.75 Å². The second kappa shape index (κ2) is 5.61. The van der Waals surface area contributed by atoms with Crippen molar-refractivity contribution in [1.29, 1.82) is 0 Å². The Hall–Kier alpha value is -1.55. The molecule has 1 fully saturated rings. The summed E-state index contributed by atoms with van der Waals surface area (Å²) in [6.45, 7) is 0.564. The van der Waals surface area contributed by atoms with Gasteiger partial charge in [-0.05, 0) is 30.5 Å². The van der Waals surface area contributed by atoms with Gasteiger partial charge in [-0.2, -0.15) is 0 Å². The van der Waals surface area contributed by atoms with Gasteiger partial charge in [0, 0.05) is 13.6 Å². The summed E-state index contributed by atoms with van der Waals surface area (Å²) in [7, 11) is 3.45. The lowest BCUT2D eigenvalue weighted by molar-refractivity contribution is -0.136. The second-order valence-electron chi connectivity index (χ2n) is 5.38. The Kier molecular flexibility index (Phi) is 4.10. The van der Waals surface area contributed by atoms with E-state index in [1.807, 2.05) is 31.3 Å². The van der Waals surface area contributed by atoms with Crippen LogP contribution in [0.5, 0.6) is 5.75 Å². The molecule has 1 aliphatic carbocycles. The molecule has 1 saturated carbocycles. The molecule has 0 radical (unpaired) electrons. The van der Waals surface area contributed by atoms with Crippen LogP contribution in [0.3, 0.4) is 0 Å². The van der Waals surface area contributed by atoms with E-state index < -0.39 is 5.54 Å². The van der Waals surface area contributed by atoms with Gasteiger partial charge in [0.2, 0.25) is 5.91 Å². The molecule has 104 valence electrons. The van der Waals surface area contributed by atoms with Crippen molar-refractivity contribution in [1.82, 2.24) is 4.90 Å². The van der Waals surface area contributed by atoms with Crippen LogP contribution in [0, 0.1) is 0 Å². The molecule has 0 aliphatic heterocycles. The maximum Gasteiger partial charge on any atom is 0.242 e. The topological polar surface area (TPSA) is 55.6 Å². The second-order valence-corrected chi connectivity index (χ2v) is 5.38. The predicted molar refractivity (Wildman–Crippen MR) is 74.9 cm³/mol. The highest BCUT2D eigenvalue weighted by molar-refractivity contribution is 5.86. The number of hydrogen-bond donors (Lipinski definition) is 1. The molecule has 1 aliphatic rings. The number of carbonyl (C=O) groups is 1. The predicted octanol–water partition coefficient (Wildman–Crippen LogP) is 1.93. The van der Waals surface area contributed by atoms with E-state index in [9.17, 15) is 4.79 Å². The van der Waals surface area contributed by atoms with E-state index in [1.54, 1.807) is 12.0 Å². The number of carbonyl (C=O) groups excluding carboxylic acids is 1. The van der Waals surface area contributed by atoms with E-state index >= 15 is 0 Å². The highest BCUT2D eigenvalue weighted by atomic mass is 16.5. The minimum atomic E-state index is -0.645. The van der Waals surface area contributed by atoms with Crippen molar-refractivity contribution in [3.63, 3.8) is 0 Å². The van der Waals surface area contributed by atoms with Crippen LogP contribution < -0.4 is 10.5 Å². The van der Waals surface area contributed by atoms with Crippen molar-refractivity contribution in [2.45, 2.75) is 37.8 Å². The van der Waals surface area contributed by atoms with Gasteiger partial charge in [-0.1, -0.05) is 25.0 Å².